The number of carbonyl (C=O) groups excluding carboxylic acids is 1. The summed E-state index contributed by atoms with van der Waals surface area (Å²) >= 11 is 0. The molecule has 0 radical (unpaired) electrons. The summed E-state index contributed by atoms with van der Waals surface area (Å²) in [5.41, 5.74) is -0.0318. The van der Waals surface area contributed by atoms with Crippen molar-refractivity contribution < 1.29 is 14.3 Å². The number of benzene rings is 1. The minimum atomic E-state index is -0.698. The maximum Gasteiger partial charge on any atom is 0.194 e. The van der Waals surface area contributed by atoms with Gasteiger partial charge < -0.3 is 9.47 Å². The summed E-state index contributed by atoms with van der Waals surface area (Å²) in [6.07, 6.45) is 4.02. The van der Waals surface area contributed by atoms with Crippen molar-refractivity contribution >= 4 is 5.78 Å². The second-order valence-corrected chi connectivity index (χ2v) is 4.50. The van der Waals surface area contributed by atoms with Gasteiger partial charge in [-0.1, -0.05) is 6.08 Å². The van der Waals surface area contributed by atoms with E-state index in [1.807, 2.05) is 0 Å². The molecule has 1 fully saturated rings. The molecule has 0 saturated carbocycles. The molecule has 2 rings (SSSR count). The lowest BCUT2D eigenvalue weighted by Crippen LogP contribution is -2.37. The molecule has 1 unspecified atom stereocenters. The number of Topliss-reactive ketones (excluding diaryl/α,β-unsaturated/α-hetero) is 1. The van der Waals surface area contributed by atoms with Crippen LogP contribution in [0.1, 0.15) is 29.6 Å². The van der Waals surface area contributed by atoms with Crippen LogP contribution in [0.15, 0.2) is 36.9 Å². The Morgan fingerprint density at radius 1 is 1.50 bits per heavy atom. The Morgan fingerprint density at radius 3 is 2.72 bits per heavy atom. The zero-order chi connectivity index (χ0) is 13.0. The fourth-order valence-corrected chi connectivity index (χ4v) is 2.37. The average molecular weight is 246 g/mol. The van der Waals surface area contributed by atoms with Crippen molar-refractivity contribution in [2.24, 2.45) is 0 Å². The van der Waals surface area contributed by atoms with E-state index < -0.39 is 5.60 Å². The highest BCUT2D eigenvalue weighted by atomic mass is 16.5. The monoisotopic (exact) mass is 246 g/mol. The fraction of sp³-hybridized carbons (Fsp3) is 0.400. The first kappa shape index (κ1) is 12.8. The van der Waals surface area contributed by atoms with Crippen molar-refractivity contribution in [2.75, 3.05) is 13.7 Å². The fourth-order valence-electron chi connectivity index (χ4n) is 2.37. The number of hydrogen-bond donors (Lipinski definition) is 0. The van der Waals surface area contributed by atoms with Gasteiger partial charge >= 0.3 is 0 Å². The van der Waals surface area contributed by atoms with Crippen molar-refractivity contribution in [3.63, 3.8) is 0 Å². The largest absolute Gasteiger partial charge is 0.497 e. The van der Waals surface area contributed by atoms with E-state index in [-0.39, 0.29) is 5.78 Å². The van der Waals surface area contributed by atoms with Crippen LogP contribution in [-0.2, 0) is 4.74 Å². The van der Waals surface area contributed by atoms with E-state index in [9.17, 15) is 4.79 Å². The molecule has 18 heavy (non-hydrogen) atoms. The topological polar surface area (TPSA) is 35.5 Å². The first-order valence-corrected chi connectivity index (χ1v) is 6.15. The molecular formula is C15H18O3. The quantitative estimate of drug-likeness (QED) is 0.592. The third-order valence-electron chi connectivity index (χ3n) is 3.34. The van der Waals surface area contributed by atoms with Gasteiger partial charge in [0.2, 0.25) is 0 Å². The highest BCUT2D eigenvalue weighted by molar-refractivity contribution is 6.02. The van der Waals surface area contributed by atoms with E-state index in [2.05, 4.69) is 6.58 Å². The second kappa shape index (κ2) is 5.36. The molecule has 1 atom stereocenters. The molecule has 3 nitrogen and oxygen atoms in total. The Labute approximate surface area is 107 Å². The standard InChI is InChI=1S/C15H18O3/c1-3-9-15(10-4-11-18-15)14(16)12-5-7-13(17-2)8-6-12/h3,5-8H,1,4,9-11H2,2H3. The van der Waals surface area contributed by atoms with Crippen LogP contribution in [0.4, 0.5) is 0 Å². The van der Waals surface area contributed by atoms with Crippen LogP contribution >= 0.6 is 0 Å². The molecule has 1 aromatic carbocycles. The lowest BCUT2D eigenvalue weighted by molar-refractivity contribution is 0.0129. The Balaban J connectivity index is 2.24. The highest BCUT2D eigenvalue weighted by Crippen LogP contribution is 2.33. The number of methoxy groups -OCH3 is 1. The lowest BCUT2D eigenvalue weighted by atomic mass is 9.87. The van der Waals surface area contributed by atoms with Crippen LogP contribution < -0.4 is 4.74 Å². The normalized spacial score (nSPS) is 22.7. The lowest BCUT2D eigenvalue weighted by Gasteiger charge is -2.25. The molecule has 1 heterocycles. The summed E-state index contributed by atoms with van der Waals surface area (Å²) in [6.45, 7) is 4.37. The van der Waals surface area contributed by atoms with E-state index in [4.69, 9.17) is 9.47 Å². The molecular weight excluding hydrogens is 228 g/mol. The third kappa shape index (κ3) is 2.31. The molecule has 1 saturated heterocycles. The number of ether oxygens (including phenoxy) is 2. The van der Waals surface area contributed by atoms with Gasteiger partial charge in [-0.2, -0.15) is 0 Å². The molecule has 0 spiro atoms. The van der Waals surface area contributed by atoms with Crippen molar-refractivity contribution in [2.45, 2.75) is 24.9 Å². The van der Waals surface area contributed by atoms with Gasteiger partial charge in [0.05, 0.1) is 7.11 Å². The Kier molecular flexibility index (Phi) is 3.82. The van der Waals surface area contributed by atoms with Crippen LogP contribution in [0.3, 0.4) is 0 Å². The third-order valence-corrected chi connectivity index (χ3v) is 3.34. The van der Waals surface area contributed by atoms with Crippen LogP contribution in [0.5, 0.6) is 5.75 Å². The molecule has 96 valence electrons. The molecule has 0 N–H and O–H groups in total. The van der Waals surface area contributed by atoms with Gasteiger partial charge in [0.1, 0.15) is 11.4 Å². The van der Waals surface area contributed by atoms with Crippen molar-refractivity contribution in [3.05, 3.63) is 42.5 Å². The van der Waals surface area contributed by atoms with Crippen LogP contribution in [0, 0.1) is 0 Å². The SMILES string of the molecule is C=CCC1(C(=O)c2ccc(OC)cc2)CCCO1. The van der Waals surface area contributed by atoms with Gasteiger partial charge in [-0.15, -0.1) is 6.58 Å². The van der Waals surface area contributed by atoms with E-state index in [0.717, 1.165) is 18.6 Å². The average Bonchev–Trinajstić information content (AvgIpc) is 2.88. The molecule has 0 aliphatic carbocycles. The van der Waals surface area contributed by atoms with E-state index in [1.165, 1.54) is 0 Å². The van der Waals surface area contributed by atoms with Crippen molar-refractivity contribution in [1.82, 2.24) is 0 Å². The molecule has 1 aromatic rings. The van der Waals surface area contributed by atoms with Gasteiger partial charge in [0.15, 0.2) is 5.78 Å². The number of rotatable bonds is 5. The maximum absolute atomic E-state index is 12.5. The molecule has 1 aliphatic heterocycles. The summed E-state index contributed by atoms with van der Waals surface area (Å²) in [5, 5.41) is 0. The van der Waals surface area contributed by atoms with E-state index >= 15 is 0 Å². The van der Waals surface area contributed by atoms with Crippen molar-refractivity contribution in [3.8, 4) is 5.75 Å². The predicted octanol–water partition coefficient (Wildman–Crippen LogP) is 3.00. The summed E-state index contributed by atoms with van der Waals surface area (Å²) in [5.74, 6) is 0.791. The summed E-state index contributed by atoms with van der Waals surface area (Å²) < 4.78 is 10.8. The zero-order valence-electron chi connectivity index (χ0n) is 10.6. The van der Waals surface area contributed by atoms with Crippen LogP contribution in [0.25, 0.3) is 0 Å². The zero-order valence-corrected chi connectivity index (χ0v) is 10.6. The number of hydrogen-bond acceptors (Lipinski definition) is 3. The summed E-state index contributed by atoms with van der Waals surface area (Å²) in [6, 6.07) is 7.16. The van der Waals surface area contributed by atoms with Gasteiger partial charge in [0, 0.05) is 18.6 Å². The van der Waals surface area contributed by atoms with Crippen LogP contribution in [-0.4, -0.2) is 25.1 Å². The van der Waals surface area contributed by atoms with Gasteiger partial charge in [-0.25, -0.2) is 0 Å². The first-order chi connectivity index (χ1) is 8.72. The smallest absolute Gasteiger partial charge is 0.194 e. The maximum atomic E-state index is 12.5. The molecule has 1 aliphatic rings. The molecule has 0 amide bonds. The molecule has 3 heteroatoms. The molecule has 0 bridgehead atoms. The first-order valence-electron chi connectivity index (χ1n) is 6.15. The van der Waals surface area contributed by atoms with Crippen molar-refractivity contribution in [1.29, 1.82) is 0 Å². The minimum Gasteiger partial charge on any atom is -0.497 e. The van der Waals surface area contributed by atoms with E-state index in [0.29, 0.717) is 18.6 Å². The minimum absolute atomic E-state index is 0.0440. The highest BCUT2D eigenvalue weighted by Gasteiger charge is 2.41. The second-order valence-electron chi connectivity index (χ2n) is 4.50. The van der Waals surface area contributed by atoms with Gasteiger partial charge in [-0.3, -0.25) is 4.79 Å². The van der Waals surface area contributed by atoms with Gasteiger partial charge in [-0.05, 0) is 37.1 Å². The summed E-state index contributed by atoms with van der Waals surface area (Å²) in [4.78, 5) is 12.5. The van der Waals surface area contributed by atoms with E-state index in [1.54, 1.807) is 37.5 Å². The molecule has 0 aromatic heterocycles. The Morgan fingerprint density at radius 2 is 2.22 bits per heavy atom. The number of ketones is 1. The van der Waals surface area contributed by atoms with Gasteiger partial charge in [0.25, 0.3) is 0 Å². The predicted molar refractivity (Wildman–Crippen MR) is 70.1 cm³/mol. The Hall–Kier alpha value is -1.61. The summed E-state index contributed by atoms with van der Waals surface area (Å²) in [7, 11) is 1.61. The van der Waals surface area contributed by atoms with Crippen LogP contribution in [0.2, 0.25) is 0 Å². The Bertz CT molecular complexity index is 428. The number of carbonyl (C=O) groups is 1.